The monoisotopic (exact) mass is 303 g/mol. The molecule has 0 spiro atoms. The number of piperidine rings is 1. The van der Waals surface area contributed by atoms with E-state index in [9.17, 15) is 13.2 Å². The fourth-order valence-electron chi connectivity index (χ4n) is 1.98. The van der Waals surface area contributed by atoms with Gasteiger partial charge in [-0.1, -0.05) is 0 Å². The number of thiophene rings is 1. The molecule has 0 aromatic carbocycles. The van der Waals surface area contributed by atoms with E-state index in [0.29, 0.717) is 6.54 Å². The van der Waals surface area contributed by atoms with Crippen molar-refractivity contribution in [2.45, 2.75) is 30.0 Å². The Balaban J connectivity index is 1.88. The topological polar surface area (TPSA) is 92.5 Å². The second kappa shape index (κ2) is 5.89. The second-order valence-corrected chi connectivity index (χ2v) is 7.43. The molecule has 0 bridgehead atoms. The summed E-state index contributed by atoms with van der Waals surface area (Å²) in [5.41, 5.74) is 0. The van der Waals surface area contributed by atoms with Gasteiger partial charge in [-0.25, -0.2) is 18.4 Å². The van der Waals surface area contributed by atoms with E-state index in [4.69, 9.17) is 5.14 Å². The number of urea groups is 1. The molecule has 19 heavy (non-hydrogen) atoms. The normalized spacial score (nSPS) is 16.4. The number of nitrogens with zero attached hydrogens (tertiary/aromatic N) is 1. The summed E-state index contributed by atoms with van der Waals surface area (Å²) < 4.78 is 22.4. The largest absolute Gasteiger partial charge is 0.333 e. The zero-order chi connectivity index (χ0) is 13.9. The number of sulfonamides is 1. The summed E-state index contributed by atoms with van der Waals surface area (Å²) in [6.45, 7) is 1.91. The maximum Gasteiger partial charge on any atom is 0.317 e. The van der Waals surface area contributed by atoms with Crippen LogP contribution < -0.4 is 10.5 Å². The van der Waals surface area contributed by atoms with Crippen LogP contribution in [0, 0.1) is 0 Å². The Morgan fingerprint density at radius 3 is 2.58 bits per heavy atom. The van der Waals surface area contributed by atoms with Crippen LogP contribution in [0.2, 0.25) is 0 Å². The van der Waals surface area contributed by atoms with Crippen LogP contribution in [0.5, 0.6) is 0 Å². The Morgan fingerprint density at radius 2 is 2.00 bits per heavy atom. The number of rotatable bonds is 3. The number of likely N-dealkylation sites (tertiary alicyclic amines) is 1. The van der Waals surface area contributed by atoms with E-state index >= 15 is 0 Å². The van der Waals surface area contributed by atoms with Crippen LogP contribution >= 0.6 is 11.3 Å². The first-order valence-electron chi connectivity index (χ1n) is 6.11. The molecule has 1 aliphatic heterocycles. The van der Waals surface area contributed by atoms with Crippen LogP contribution in [0.4, 0.5) is 4.79 Å². The zero-order valence-corrected chi connectivity index (χ0v) is 12.1. The van der Waals surface area contributed by atoms with E-state index < -0.39 is 10.0 Å². The molecule has 2 amide bonds. The summed E-state index contributed by atoms with van der Waals surface area (Å²) in [6.07, 6.45) is 3.26. The minimum Gasteiger partial charge on any atom is -0.333 e. The van der Waals surface area contributed by atoms with E-state index in [0.717, 1.165) is 42.1 Å². The van der Waals surface area contributed by atoms with Crippen molar-refractivity contribution in [3.8, 4) is 0 Å². The first-order valence-corrected chi connectivity index (χ1v) is 8.47. The average Bonchev–Trinajstić information content (AvgIpc) is 2.86. The maximum atomic E-state index is 11.9. The predicted octanol–water partition coefficient (Wildman–Crippen LogP) is 1.09. The highest BCUT2D eigenvalue weighted by Gasteiger charge is 2.16. The van der Waals surface area contributed by atoms with Crippen LogP contribution in [-0.2, 0) is 16.6 Å². The summed E-state index contributed by atoms with van der Waals surface area (Å²) in [5.74, 6) is 0. The van der Waals surface area contributed by atoms with Gasteiger partial charge >= 0.3 is 6.03 Å². The van der Waals surface area contributed by atoms with Gasteiger partial charge in [0.2, 0.25) is 10.0 Å². The summed E-state index contributed by atoms with van der Waals surface area (Å²) in [7, 11) is -3.65. The van der Waals surface area contributed by atoms with Gasteiger partial charge in [0.15, 0.2) is 0 Å². The SMILES string of the molecule is NS(=O)(=O)c1ccc(CNC(=O)N2CCCCC2)s1. The van der Waals surface area contributed by atoms with Crippen molar-refractivity contribution < 1.29 is 13.2 Å². The molecule has 1 fully saturated rings. The minimum atomic E-state index is -3.65. The number of hydrogen-bond donors (Lipinski definition) is 2. The van der Waals surface area contributed by atoms with Gasteiger partial charge < -0.3 is 10.2 Å². The molecule has 3 N–H and O–H groups in total. The molecule has 1 aliphatic rings. The standard InChI is InChI=1S/C11H17N3O3S2/c12-19(16,17)10-5-4-9(18-10)8-13-11(15)14-6-2-1-3-7-14/h4-5H,1-3,6-8H2,(H,13,15)(H2,12,16,17). The van der Waals surface area contributed by atoms with Gasteiger partial charge in [0, 0.05) is 18.0 Å². The van der Waals surface area contributed by atoms with Crippen LogP contribution in [0.15, 0.2) is 16.3 Å². The smallest absolute Gasteiger partial charge is 0.317 e. The van der Waals surface area contributed by atoms with Gasteiger partial charge in [0.25, 0.3) is 0 Å². The van der Waals surface area contributed by atoms with Gasteiger partial charge in [-0.05, 0) is 31.4 Å². The molecule has 2 heterocycles. The van der Waals surface area contributed by atoms with Crippen LogP contribution in [0.3, 0.4) is 0 Å². The molecule has 1 saturated heterocycles. The number of carbonyl (C=O) groups excluding carboxylic acids is 1. The van der Waals surface area contributed by atoms with Crippen LogP contribution in [0.1, 0.15) is 24.1 Å². The molecule has 8 heteroatoms. The third-order valence-electron chi connectivity index (χ3n) is 2.97. The molecule has 0 unspecified atom stereocenters. The van der Waals surface area contributed by atoms with Crippen molar-refractivity contribution in [1.29, 1.82) is 0 Å². The highest BCUT2D eigenvalue weighted by atomic mass is 32.2. The number of amides is 2. The molecule has 2 rings (SSSR count). The summed E-state index contributed by atoms with van der Waals surface area (Å²) in [6, 6.07) is 3.04. The summed E-state index contributed by atoms with van der Waals surface area (Å²) >= 11 is 1.08. The fourth-order valence-corrected chi connectivity index (χ4v) is 3.70. The average molecular weight is 303 g/mol. The number of nitrogens with one attached hydrogen (secondary N) is 1. The van der Waals surface area contributed by atoms with E-state index in [1.807, 2.05) is 0 Å². The first-order chi connectivity index (χ1) is 8.97. The molecule has 0 saturated carbocycles. The van der Waals surface area contributed by atoms with Crippen molar-refractivity contribution in [3.63, 3.8) is 0 Å². The van der Waals surface area contributed by atoms with Gasteiger partial charge in [-0.2, -0.15) is 0 Å². The Bertz CT molecular complexity index is 547. The third kappa shape index (κ3) is 3.92. The molecular weight excluding hydrogens is 286 g/mol. The van der Waals surface area contributed by atoms with Gasteiger partial charge in [-0.15, -0.1) is 11.3 Å². The number of primary sulfonamides is 1. The van der Waals surface area contributed by atoms with Crippen LogP contribution in [-0.4, -0.2) is 32.4 Å². The Morgan fingerprint density at radius 1 is 1.32 bits per heavy atom. The van der Waals surface area contributed by atoms with Gasteiger partial charge in [0.05, 0.1) is 6.54 Å². The van der Waals surface area contributed by atoms with Crippen molar-refractivity contribution in [1.82, 2.24) is 10.2 Å². The van der Waals surface area contributed by atoms with E-state index in [2.05, 4.69) is 5.32 Å². The number of hydrogen-bond acceptors (Lipinski definition) is 4. The maximum absolute atomic E-state index is 11.9. The first kappa shape index (κ1) is 14.3. The molecule has 0 radical (unpaired) electrons. The van der Waals surface area contributed by atoms with Gasteiger partial charge in [-0.3, -0.25) is 0 Å². The summed E-state index contributed by atoms with van der Waals surface area (Å²) in [5, 5.41) is 7.83. The van der Waals surface area contributed by atoms with Gasteiger partial charge in [0.1, 0.15) is 4.21 Å². The lowest BCUT2D eigenvalue weighted by Crippen LogP contribution is -2.42. The highest BCUT2D eigenvalue weighted by Crippen LogP contribution is 2.20. The number of carbonyl (C=O) groups is 1. The quantitative estimate of drug-likeness (QED) is 0.875. The molecule has 1 aromatic heterocycles. The Kier molecular flexibility index (Phi) is 4.43. The lowest BCUT2D eigenvalue weighted by Gasteiger charge is -2.26. The molecule has 0 aliphatic carbocycles. The molecule has 0 atom stereocenters. The fraction of sp³-hybridized carbons (Fsp3) is 0.545. The highest BCUT2D eigenvalue weighted by molar-refractivity contribution is 7.91. The molecular formula is C11H17N3O3S2. The van der Waals surface area contributed by atoms with Crippen molar-refractivity contribution >= 4 is 27.4 Å². The Hall–Kier alpha value is -1.12. The minimum absolute atomic E-state index is 0.0924. The Labute approximate surface area is 116 Å². The van der Waals surface area contributed by atoms with E-state index in [-0.39, 0.29) is 10.2 Å². The summed E-state index contributed by atoms with van der Waals surface area (Å²) in [4.78, 5) is 14.4. The number of nitrogens with two attached hydrogens (primary N) is 1. The van der Waals surface area contributed by atoms with Crippen molar-refractivity contribution in [3.05, 3.63) is 17.0 Å². The molecule has 106 valence electrons. The predicted molar refractivity (Wildman–Crippen MR) is 73.4 cm³/mol. The van der Waals surface area contributed by atoms with E-state index in [1.165, 1.54) is 12.5 Å². The lowest BCUT2D eigenvalue weighted by atomic mass is 10.1. The van der Waals surface area contributed by atoms with Crippen molar-refractivity contribution in [2.75, 3.05) is 13.1 Å². The molecule has 6 nitrogen and oxygen atoms in total. The van der Waals surface area contributed by atoms with Crippen molar-refractivity contribution in [2.24, 2.45) is 5.14 Å². The van der Waals surface area contributed by atoms with Crippen LogP contribution in [0.25, 0.3) is 0 Å². The second-order valence-electron chi connectivity index (χ2n) is 4.47. The lowest BCUT2D eigenvalue weighted by molar-refractivity contribution is 0.186. The molecule has 1 aromatic rings. The zero-order valence-electron chi connectivity index (χ0n) is 10.5. The van der Waals surface area contributed by atoms with E-state index in [1.54, 1.807) is 11.0 Å². The third-order valence-corrected chi connectivity index (χ3v) is 5.50.